The zero-order valence-electron chi connectivity index (χ0n) is 8.12. The molecular weight excluding hydrogens is 212 g/mol. The summed E-state index contributed by atoms with van der Waals surface area (Å²) < 4.78 is 0. The van der Waals surface area contributed by atoms with E-state index in [9.17, 15) is 4.79 Å². The van der Waals surface area contributed by atoms with Crippen molar-refractivity contribution in [3.05, 3.63) is 51.7 Å². The Balaban J connectivity index is 2.55. The molecule has 0 atom stereocenters. The summed E-state index contributed by atoms with van der Waals surface area (Å²) in [5, 5.41) is 0.107. The van der Waals surface area contributed by atoms with E-state index < -0.39 is 0 Å². The first kappa shape index (κ1) is 9.93. The molecule has 0 spiro atoms. The normalized spacial score (nSPS) is 10.3. The maximum absolute atomic E-state index is 11.5. The number of halogens is 1. The molecule has 0 aliphatic carbocycles. The van der Waals surface area contributed by atoms with Gasteiger partial charge in [0.2, 0.25) is 5.28 Å². The van der Waals surface area contributed by atoms with Gasteiger partial charge in [0.05, 0.1) is 5.56 Å². The number of hydrogen-bond donors (Lipinski definition) is 1. The van der Waals surface area contributed by atoms with Crippen molar-refractivity contribution >= 4 is 11.6 Å². The number of aromatic amines is 1. The molecule has 0 amide bonds. The van der Waals surface area contributed by atoms with Crippen LogP contribution in [0.25, 0.3) is 11.1 Å². The van der Waals surface area contributed by atoms with E-state index in [1.165, 1.54) is 6.20 Å². The van der Waals surface area contributed by atoms with Crippen molar-refractivity contribution in [3.63, 3.8) is 0 Å². The van der Waals surface area contributed by atoms with Crippen molar-refractivity contribution in [3.8, 4) is 11.1 Å². The first-order chi connectivity index (χ1) is 7.16. The van der Waals surface area contributed by atoms with E-state index in [1.54, 1.807) is 0 Å². The molecule has 2 aromatic rings. The summed E-state index contributed by atoms with van der Waals surface area (Å²) in [6.07, 6.45) is 1.48. The maximum Gasteiger partial charge on any atom is 0.259 e. The number of aryl methyl sites for hydroxylation is 1. The fourth-order valence-electron chi connectivity index (χ4n) is 1.31. The summed E-state index contributed by atoms with van der Waals surface area (Å²) in [5.41, 5.74) is 2.29. The molecule has 15 heavy (non-hydrogen) atoms. The number of aromatic nitrogens is 2. The lowest BCUT2D eigenvalue weighted by atomic mass is 10.1. The van der Waals surface area contributed by atoms with Crippen LogP contribution in [0.5, 0.6) is 0 Å². The van der Waals surface area contributed by atoms with Crippen LogP contribution in [-0.4, -0.2) is 9.97 Å². The van der Waals surface area contributed by atoms with Crippen LogP contribution in [0.4, 0.5) is 0 Å². The number of nitrogens with one attached hydrogen (secondary N) is 1. The van der Waals surface area contributed by atoms with E-state index in [4.69, 9.17) is 11.6 Å². The molecule has 0 radical (unpaired) electrons. The van der Waals surface area contributed by atoms with Crippen LogP contribution in [0.1, 0.15) is 5.56 Å². The van der Waals surface area contributed by atoms with Crippen LogP contribution in [0.15, 0.2) is 35.3 Å². The standard InChI is InChI=1S/C11H9ClN2O/c1-7-2-4-8(5-3-7)9-6-13-11(12)14-10(9)15/h2-6H,1H3,(H,13,14,15). The van der Waals surface area contributed by atoms with Crippen molar-refractivity contribution in [2.24, 2.45) is 0 Å². The molecule has 4 heteroatoms. The maximum atomic E-state index is 11.5. The topological polar surface area (TPSA) is 45.8 Å². The molecule has 0 bridgehead atoms. The Morgan fingerprint density at radius 1 is 1.27 bits per heavy atom. The van der Waals surface area contributed by atoms with Crippen molar-refractivity contribution in [1.82, 2.24) is 9.97 Å². The second-order valence-electron chi connectivity index (χ2n) is 3.28. The van der Waals surface area contributed by atoms with Crippen LogP contribution in [0.3, 0.4) is 0 Å². The molecule has 1 aromatic carbocycles. The average molecular weight is 221 g/mol. The molecule has 1 N–H and O–H groups in total. The van der Waals surface area contributed by atoms with Crippen molar-refractivity contribution in [2.45, 2.75) is 6.92 Å². The van der Waals surface area contributed by atoms with E-state index in [0.717, 1.165) is 11.1 Å². The van der Waals surface area contributed by atoms with Gasteiger partial charge in [-0.05, 0) is 24.1 Å². The van der Waals surface area contributed by atoms with Crippen LogP contribution in [0, 0.1) is 6.92 Å². The second-order valence-corrected chi connectivity index (χ2v) is 3.64. The first-order valence-electron chi connectivity index (χ1n) is 4.48. The monoisotopic (exact) mass is 220 g/mol. The fraction of sp³-hybridized carbons (Fsp3) is 0.0909. The molecule has 76 valence electrons. The number of rotatable bonds is 1. The molecule has 0 aliphatic rings. The van der Waals surface area contributed by atoms with Crippen LogP contribution in [-0.2, 0) is 0 Å². The largest absolute Gasteiger partial charge is 0.297 e. The number of nitrogens with zero attached hydrogens (tertiary/aromatic N) is 1. The first-order valence-corrected chi connectivity index (χ1v) is 4.86. The predicted octanol–water partition coefficient (Wildman–Crippen LogP) is 2.40. The van der Waals surface area contributed by atoms with E-state index in [0.29, 0.717) is 5.56 Å². The van der Waals surface area contributed by atoms with Crippen molar-refractivity contribution in [1.29, 1.82) is 0 Å². The van der Waals surface area contributed by atoms with Gasteiger partial charge in [-0.25, -0.2) is 4.98 Å². The van der Waals surface area contributed by atoms with Gasteiger partial charge in [0.25, 0.3) is 5.56 Å². The molecule has 0 aliphatic heterocycles. The molecule has 2 rings (SSSR count). The summed E-state index contributed by atoms with van der Waals surface area (Å²) >= 11 is 5.56. The molecule has 1 heterocycles. The minimum absolute atomic E-state index is 0.107. The lowest BCUT2D eigenvalue weighted by Crippen LogP contribution is -2.09. The summed E-state index contributed by atoms with van der Waals surface area (Å²) in [4.78, 5) is 17.8. The summed E-state index contributed by atoms with van der Waals surface area (Å²) in [6.45, 7) is 1.99. The van der Waals surface area contributed by atoms with Gasteiger partial charge in [0.1, 0.15) is 0 Å². The highest BCUT2D eigenvalue weighted by Gasteiger charge is 2.03. The van der Waals surface area contributed by atoms with E-state index in [-0.39, 0.29) is 10.8 Å². The number of hydrogen-bond acceptors (Lipinski definition) is 2. The van der Waals surface area contributed by atoms with Crippen molar-refractivity contribution < 1.29 is 0 Å². The zero-order valence-corrected chi connectivity index (χ0v) is 8.88. The Kier molecular flexibility index (Phi) is 2.56. The predicted molar refractivity (Wildman–Crippen MR) is 60.0 cm³/mol. The zero-order chi connectivity index (χ0) is 10.8. The summed E-state index contributed by atoms with van der Waals surface area (Å²) in [6, 6.07) is 7.66. The molecule has 3 nitrogen and oxygen atoms in total. The quantitative estimate of drug-likeness (QED) is 0.751. The van der Waals surface area contributed by atoms with Gasteiger partial charge in [-0.1, -0.05) is 29.8 Å². The van der Waals surface area contributed by atoms with Gasteiger partial charge in [-0.3, -0.25) is 9.78 Å². The lowest BCUT2D eigenvalue weighted by Gasteiger charge is -2.00. The molecule has 0 saturated heterocycles. The summed E-state index contributed by atoms with van der Waals surface area (Å²) in [5.74, 6) is 0. The molecule has 0 unspecified atom stereocenters. The Morgan fingerprint density at radius 2 is 1.93 bits per heavy atom. The number of benzene rings is 1. The lowest BCUT2D eigenvalue weighted by molar-refractivity contribution is 1.12. The highest BCUT2D eigenvalue weighted by atomic mass is 35.5. The van der Waals surface area contributed by atoms with Gasteiger partial charge >= 0.3 is 0 Å². The third-order valence-corrected chi connectivity index (χ3v) is 2.32. The minimum Gasteiger partial charge on any atom is -0.297 e. The fourth-order valence-corrected chi connectivity index (χ4v) is 1.45. The van der Waals surface area contributed by atoms with E-state index in [2.05, 4.69) is 9.97 Å². The Hall–Kier alpha value is -1.61. The van der Waals surface area contributed by atoms with Gasteiger partial charge in [0.15, 0.2) is 0 Å². The third kappa shape index (κ3) is 2.07. The molecule has 0 saturated carbocycles. The van der Waals surface area contributed by atoms with Gasteiger partial charge in [-0.2, -0.15) is 0 Å². The Morgan fingerprint density at radius 3 is 2.53 bits per heavy atom. The second kappa shape index (κ2) is 3.87. The third-order valence-electron chi connectivity index (χ3n) is 2.13. The van der Waals surface area contributed by atoms with Crippen LogP contribution >= 0.6 is 11.6 Å². The smallest absolute Gasteiger partial charge is 0.259 e. The van der Waals surface area contributed by atoms with Gasteiger partial charge in [0, 0.05) is 6.20 Å². The van der Waals surface area contributed by atoms with Crippen LogP contribution in [0.2, 0.25) is 5.28 Å². The highest BCUT2D eigenvalue weighted by molar-refractivity contribution is 6.28. The Bertz CT molecular complexity index is 531. The SMILES string of the molecule is Cc1ccc(-c2cnc(Cl)[nH]c2=O)cc1. The Labute approximate surface area is 91.8 Å². The van der Waals surface area contributed by atoms with Crippen LogP contribution < -0.4 is 5.56 Å². The van der Waals surface area contributed by atoms with E-state index in [1.807, 2.05) is 31.2 Å². The molecular formula is C11H9ClN2O. The van der Waals surface area contributed by atoms with E-state index >= 15 is 0 Å². The summed E-state index contributed by atoms with van der Waals surface area (Å²) in [7, 11) is 0. The minimum atomic E-state index is -0.223. The van der Waals surface area contributed by atoms with Crippen molar-refractivity contribution in [2.75, 3.05) is 0 Å². The molecule has 1 aromatic heterocycles. The van der Waals surface area contributed by atoms with Gasteiger partial charge < -0.3 is 0 Å². The number of H-pyrrole nitrogens is 1. The van der Waals surface area contributed by atoms with Gasteiger partial charge in [-0.15, -0.1) is 0 Å². The average Bonchev–Trinajstić information content (AvgIpc) is 2.20. The highest BCUT2D eigenvalue weighted by Crippen LogP contribution is 2.15. The molecule has 0 fully saturated rings.